The van der Waals surface area contributed by atoms with Gasteiger partial charge in [-0.25, -0.2) is 8.42 Å². The largest absolute Gasteiger partial charge is 0.495 e. The predicted octanol–water partition coefficient (Wildman–Crippen LogP) is 1.28. The monoisotopic (exact) mass is 288 g/mol. The maximum atomic E-state index is 12.9. The Labute approximate surface area is 96.4 Å². The first-order valence-corrected chi connectivity index (χ1v) is 7.43. The van der Waals surface area contributed by atoms with Crippen LogP contribution in [0.25, 0.3) is 0 Å². The molecule has 0 N–H and O–H groups in total. The van der Waals surface area contributed by atoms with Crippen molar-refractivity contribution in [2.24, 2.45) is 0 Å². The zero-order valence-electron chi connectivity index (χ0n) is 7.85. The van der Waals surface area contributed by atoms with Gasteiger partial charge in [-0.05, 0) is 12.1 Å². The van der Waals surface area contributed by atoms with E-state index in [1.165, 1.54) is 6.07 Å². The highest BCUT2D eigenvalue weighted by atomic mass is 35.7. The van der Waals surface area contributed by atoms with Crippen molar-refractivity contribution >= 4 is 30.0 Å². The third kappa shape index (κ3) is 2.63. The van der Waals surface area contributed by atoms with Crippen molar-refractivity contribution < 1.29 is 25.5 Å². The zero-order valence-corrected chi connectivity index (χ0v) is 10.2. The molecule has 0 radical (unpaired) electrons. The summed E-state index contributed by atoms with van der Waals surface area (Å²) in [5, 5.41) is 0. The fourth-order valence-corrected chi connectivity index (χ4v) is 3.50. The number of benzene rings is 1. The third-order valence-electron chi connectivity index (χ3n) is 1.67. The number of methoxy groups -OCH3 is 1. The molecule has 0 heterocycles. The van der Waals surface area contributed by atoms with E-state index in [4.69, 9.17) is 10.7 Å². The first kappa shape index (κ1) is 13.2. The molecule has 9 heteroatoms. The molecule has 0 bridgehead atoms. The molecule has 0 amide bonds. The lowest BCUT2D eigenvalue weighted by Crippen LogP contribution is -2.04. The van der Waals surface area contributed by atoms with Crippen molar-refractivity contribution in [1.82, 2.24) is 0 Å². The van der Waals surface area contributed by atoms with Crippen molar-refractivity contribution in [3.05, 3.63) is 18.2 Å². The number of hydrogen-bond acceptors (Lipinski definition) is 5. The van der Waals surface area contributed by atoms with Gasteiger partial charge in [0.15, 0.2) is 4.90 Å². The molecule has 0 atom stereocenters. The smallest absolute Gasteiger partial charge is 0.337 e. The van der Waals surface area contributed by atoms with E-state index in [0.717, 1.165) is 19.2 Å². The molecule has 90 valence electrons. The highest BCUT2D eigenvalue weighted by Crippen LogP contribution is 2.33. The molecule has 0 aliphatic heterocycles. The molecule has 5 nitrogen and oxygen atoms in total. The number of ether oxygens (including phenoxy) is 1. The van der Waals surface area contributed by atoms with Crippen molar-refractivity contribution in [2.75, 3.05) is 7.11 Å². The maximum Gasteiger partial charge on any atom is 0.337 e. The molecule has 0 aliphatic rings. The van der Waals surface area contributed by atoms with Gasteiger partial charge in [-0.2, -0.15) is 8.42 Å². The molecule has 1 aromatic carbocycles. The van der Waals surface area contributed by atoms with Crippen LogP contribution in [0, 0.1) is 0 Å². The lowest BCUT2D eigenvalue weighted by molar-refractivity contribution is 0.398. The SMILES string of the molecule is COc1cccc(S(=O)(=O)Cl)c1S(=O)(=O)F. The van der Waals surface area contributed by atoms with Crippen molar-refractivity contribution in [3.63, 3.8) is 0 Å². The van der Waals surface area contributed by atoms with Gasteiger partial charge in [-0.1, -0.05) is 6.07 Å². The van der Waals surface area contributed by atoms with E-state index in [2.05, 4.69) is 4.74 Å². The first-order valence-electron chi connectivity index (χ1n) is 3.74. The topological polar surface area (TPSA) is 77.5 Å². The average Bonchev–Trinajstić information content (AvgIpc) is 2.13. The molecule has 0 aliphatic carbocycles. The Kier molecular flexibility index (Phi) is 3.46. The van der Waals surface area contributed by atoms with Crippen LogP contribution in [0.3, 0.4) is 0 Å². The van der Waals surface area contributed by atoms with E-state index in [1.807, 2.05) is 0 Å². The second-order valence-corrected chi connectivity index (χ2v) is 6.48. The van der Waals surface area contributed by atoms with Crippen molar-refractivity contribution in [2.45, 2.75) is 9.79 Å². The molecule has 0 fully saturated rings. The Bertz CT molecular complexity index is 608. The van der Waals surface area contributed by atoms with Gasteiger partial charge in [0.2, 0.25) is 0 Å². The molecule has 16 heavy (non-hydrogen) atoms. The van der Waals surface area contributed by atoms with Crippen LogP contribution in [0.4, 0.5) is 3.89 Å². The van der Waals surface area contributed by atoms with Gasteiger partial charge in [-0.15, -0.1) is 3.89 Å². The Morgan fingerprint density at radius 1 is 1.25 bits per heavy atom. The van der Waals surface area contributed by atoms with Crippen LogP contribution in [0.15, 0.2) is 28.0 Å². The van der Waals surface area contributed by atoms with Gasteiger partial charge in [0.25, 0.3) is 9.05 Å². The third-order valence-corrected chi connectivity index (χ3v) is 4.07. The van der Waals surface area contributed by atoms with Crippen LogP contribution >= 0.6 is 10.7 Å². The highest BCUT2D eigenvalue weighted by Gasteiger charge is 2.29. The summed E-state index contributed by atoms with van der Waals surface area (Å²) in [6, 6.07) is 3.16. The second kappa shape index (κ2) is 4.19. The fourth-order valence-electron chi connectivity index (χ4n) is 1.09. The molecule has 1 aromatic rings. The molecule has 0 spiro atoms. The second-order valence-electron chi connectivity index (χ2n) is 2.66. The van der Waals surface area contributed by atoms with Crippen LogP contribution in [0.1, 0.15) is 0 Å². The van der Waals surface area contributed by atoms with E-state index >= 15 is 0 Å². The Balaban J connectivity index is 3.79. The Morgan fingerprint density at radius 2 is 1.81 bits per heavy atom. The predicted molar refractivity (Wildman–Crippen MR) is 54.3 cm³/mol. The minimum Gasteiger partial charge on any atom is -0.495 e. The van der Waals surface area contributed by atoms with Crippen LogP contribution in [0.2, 0.25) is 0 Å². The summed E-state index contributed by atoms with van der Waals surface area (Å²) in [5.74, 6) is -0.427. The lowest BCUT2D eigenvalue weighted by atomic mass is 10.3. The summed E-state index contributed by atoms with van der Waals surface area (Å²) in [6.45, 7) is 0. The van der Waals surface area contributed by atoms with Crippen molar-refractivity contribution in [1.29, 1.82) is 0 Å². The summed E-state index contributed by atoms with van der Waals surface area (Å²) in [5.41, 5.74) is 0. The molecule has 0 aromatic heterocycles. The van der Waals surface area contributed by atoms with Gasteiger partial charge < -0.3 is 4.74 Å². The molecule has 0 saturated carbocycles. The standard InChI is InChI=1S/C7H6ClFO5S2/c1-14-5-3-2-4-6(15(8,10)11)7(5)16(9,12)13/h2-4H,1H3. The van der Waals surface area contributed by atoms with Crippen molar-refractivity contribution in [3.8, 4) is 5.75 Å². The van der Waals surface area contributed by atoms with Crippen LogP contribution in [0.5, 0.6) is 5.75 Å². The average molecular weight is 289 g/mol. The first-order chi connectivity index (χ1) is 7.18. The molecular weight excluding hydrogens is 283 g/mol. The van der Waals surface area contributed by atoms with E-state index in [0.29, 0.717) is 0 Å². The van der Waals surface area contributed by atoms with E-state index in [9.17, 15) is 20.7 Å². The normalized spacial score (nSPS) is 12.4. The molecule has 0 saturated heterocycles. The van der Waals surface area contributed by atoms with Gasteiger partial charge in [0, 0.05) is 10.7 Å². The van der Waals surface area contributed by atoms with Crippen LogP contribution < -0.4 is 4.74 Å². The number of hydrogen-bond donors (Lipinski definition) is 0. The number of halogens is 2. The summed E-state index contributed by atoms with van der Waals surface area (Å²) < 4.78 is 61.2. The van der Waals surface area contributed by atoms with Gasteiger partial charge in [0.05, 0.1) is 7.11 Å². The zero-order chi connectivity index (χ0) is 12.6. The quantitative estimate of drug-likeness (QED) is 0.783. The van der Waals surface area contributed by atoms with Gasteiger partial charge >= 0.3 is 10.2 Å². The van der Waals surface area contributed by atoms with E-state index < -0.39 is 34.8 Å². The van der Waals surface area contributed by atoms with E-state index in [-0.39, 0.29) is 0 Å². The maximum absolute atomic E-state index is 12.9. The summed E-state index contributed by atoms with van der Waals surface area (Å²) >= 11 is 0. The fraction of sp³-hybridized carbons (Fsp3) is 0.143. The van der Waals surface area contributed by atoms with Gasteiger partial charge in [-0.3, -0.25) is 0 Å². The summed E-state index contributed by atoms with van der Waals surface area (Å²) in [6.07, 6.45) is 0. The lowest BCUT2D eigenvalue weighted by Gasteiger charge is -2.07. The Morgan fingerprint density at radius 3 is 2.19 bits per heavy atom. The molecule has 1 rings (SSSR count). The van der Waals surface area contributed by atoms with Crippen LogP contribution in [-0.2, 0) is 19.3 Å². The molecule has 0 unspecified atom stereocenters. The molecular formula is C7H6ClFO5S2. The van der Waals surface area contributed by atoms with Gasteiger partial charge in [0.1, 0.15) is 10.6 Å². The highest BCUT2D eigenvalue weighted by molar-refractivity contribution is 8.14. The Hall–Kier alpha value is -0.860. The number of rotatable bonds is 3. The van der Waals surface area contributed by atoms with E-state index in [1.54, 1.807) is 0 Å². The minimum absolute atomic E-state index is 0.427. The summed E-state index contributed by atoms with van der Waals surface area (Å²) in [7, 11) is -3.56. The van der Waals surface area contributed by atoms with Crippen LogP contribution in [-0.4, -0.2) is 23.9 Å². The summed E-state index contributed by atoms with van der Waals surface area (Å²) in [4.78, 5) is -1.94. The minimum atomic E-state index is -5.25.